The van der Waals surface area contributed by atoms with Gasteiger partial charge in [-0.15, -0.1) is 0 Å². The molecule has 1 saturated heterocycles. The van der Waals surface area contributed by atoms with Crippen LogP contribution in [0.3, 0.4) is 0 Å². The number of rotatable bonds is 6. The molecule has 9 heteroatoms. The van der Waals surface area contributed by atoms with Gasteiger partial charge in [-0.3, -0.25) is 4.79 Å². The average molecular weight is 344 g/mol. The van der Waals surface area contributed by atoms with Crippen LogP contribution in [0.1, 0.15) is 5.56 Å². The molecule has 0 unspecified atom stereocenters. The number of β-amino-alcohol motifs (C(OH)–C–C–N with tert-alkyl or cyclic N) is 1. The summed E-state index contributed by atoms with van der Waals surface area (Å²) in [6.45, 7) is -2.33. The van der Waals surface area contributed by atoms with E-state index in [1.54, 1.807) is 35.6 Å². The predicted octanol–water partition coefficient (Wildman–Crippen LogP) is 0.114. The van der Waals surface area contributed by atoms with Gasteiger partial charge < -0.3 is 25.2 Å². The third kappa shape index (κ3) is 3.62. The van der Waals surface area contributed by atoms with Gasteiger partial charge in [0.05, 0.1) is 19.7 Å². The summed E-state index contributed by atoms with van der Waals surface area (Å²) in [6.07, 6.45) is -0.852. The number of alkyl halides is 2. The second kappa shape index (κ2) is 7.10. The number of carbonyl (C=O) groups is 2. The Morgan fingerprint density at radius 2 is 1.92 bits per heavy atom. The van der Waals surface area contributed by atoms with E-state index in [-0.39, 0.29) is 13.2 Å². The molecule has 0 atom stereocenters. The summed E-state index contributed by atoms with van der Waals surface area (Å²) in [5.74, 6) is -5.78. The fourth-order valence-corrected chi connectivity index (χ4v) is 2.22. The van der Waals surface area contributed by atoms with Crippen LogP contribution in [0.2, 0.25) is 0 Å². The van der Waals surface area contributed by atoms with Crippen LogP contribution in [0.4, 0.5) is 13.6 Å². The van der Waals surface area contributed by atoms with Crippen molar-refractivity contribution in [3.05, 3.63) is 35.9 Å². The zero-order valence-corrected chi connectivity index (χ0v) is 12.7. The number of hydrogen-bond donors (Lipinski definition) is 3. The van der Waals surface area contributed by atoms with Gasteiger partial charge in [0.25, 0.3) is 5.91 Å². The SMILES string of the molecule is O=C(OCc1ccccc1)N1CC(O)(C(F)(F)C(=O)NCCO)C1. The number of ether oxygens (including phenoxy) is 1. The average Bonchev–Trinajstić information content (AvgIpc) is 2.55. The topological polar surface area (TPSA) is 99.1 Å². The minimum Gasteiger partial charge on any atom is -0.445 e. The smallest absolute Gasteiger partial charge is 0.410 e. The number of amides is 2. The number of benzene rings is 1. The predicted molar refractivity (Wildman–Crippen MR) is 78.2 cm³/mol. The first kappa shape index (κ1) is 18.1. The van der Waals surface area contributed by atoms with E-state index in [4.69, 9.17) is 9.84 Å². The molecule has 0 radical (unpaired) electrons. The van der Waals surface area contributed by atoms with Crippen LogP contribution in [-0.4, -0.2) is 64.9 Å². The molecular weight excluding hydrogens is 326 g/mol. The zero-order chi connectivity index (χ0) is 17.8. The first-order valence-electron chi connectivity index (χ1n) is 7.25. The number of carbonyl (C=O) groups excluding carboxylic acids is 2. The summed E-state index contributed by atoms with van der Waals surface area (Å²) in [5, 5.41) is 20.2. The van der Waals surface area contributed by atoms with Gasteiger partial charge in [-0.1, -0.05) is 30.3 Å². The van der Waals surface area contributed by atoms with Crippen LogP contribution in [0.25, 0.3) is 0 Å². The highest BCUT2D eigenvalue weighted by Gasteiger charge is 2.65. The van der Waals surface area contributed by atoms with Gasteiger partial charge in [0.1, 0.15) is 6.61 Å². The van der Waals surface area contributed by atoms with E-state index in [1.165, 1.54) is 0 Å². The largest absolute Gasteiger partial charge is 0.445 e. The number of aliphatic hydroxyl groups excluding tert-OH is 1. The molecule has 1 aliphatic heterocycles. The third-order valence-electron chi connectivity index (χ3n) is 3.64. The molecule has 2 rings (SSSR count). The number of hydrogen-bond acceptors (Lipinski definition) is 5. The molecule has 0 bridgehead atoms. The maximum absolute atomic E-state index is 13.9. The second-order valence-electron chi connectivity index (χ2n) is 5.48. The van der Waals surface area contributed by atoms with Crippen molar-refractivity contribution in [2.75, 3.05) is 26.2 Å². The molecule has 0 saturated carbocycles. The Kier molecular flexibility index (Phi) is 5.35. The van der Waals surface area contributed by atoms with Crippen LogP contribution >= 0.6 is 0 Å². The standard InChI is InChI=1S/C15H18F2N2O5/c16-15(17,12(21)18-6-7-20)14(23)9-19(10-14)13(22)24-8-11-4-2-1-3-5-11/h1-5,20,23H,6-10H2,(H,18,21). The van der Waals surface area contributed by atoms with Gasteiger partial charge in [-0.05, 0) is 5.56 Å². The van der Waals surface area contributed by atoms with Crippen molar-refractivity contribution in [1.82, 2.24) is 10.2 Å². The fraction of sp³-hybridized carbons (Fsp3) is 0.467. The monoisotopic (exact) mass is 344 g/mol. The summed E-state index contributed by atoms with van der Waals surface area (Å²) in [4.78, 5) is 24.0. The molecule has 132 valence electrons. The molecule has 0 spiro atoms. The first-order valence-corrected chi connectivity index (χ1v) is 7.25. The lowest BCUT2D eigenvalue weighted by atomic mass is 9.86. The van der Waals surface area contributed by atoms with Crippen molar-refractivity contribution in [3.8, 4) is 0 Å². The molecule has 2 amide bonds. The minimum absolute atomic E-state index is 0.0258. The lowest BCUT2D eigenvalue weighted by Crippen LogP contribution is -2.74. The fourth-order valence-electron chi connectivity index (χ4n) is 2.22. The molecule has 7 nitrogen and oxygen atoms in total. The number of likely N-dealkylation sites (tertiary alicyclic amines) is 1. The van der Waals surface area contributed by atoms with E-state index in [0.717, 1.165) is 10.5 Å². The summed E-state index contributed by atoms with van der Waals surface area (Å²) < 4.78 is 32.8. The lowest BCUT2D eigenvalue weighted by Gasteiger charge is -2.48. The Hall–Kier alpha value is -2.26. The second-order valence-corrected chi connectivity index (χ2v) is 5.48. The molecule has 1 aliphatic rings. The summed E-state index contributed by atoms with van der Waals surface area (Å²) in [6, 6.07) is 8.79. The van der Waals surface area contributed by atoms with Crippen molar-refractivity contribution < 1.29 is 33.3 Å². The van der Waals surface area contributed by atoms with Crippen LogP contribution in [-0.2, 0) is 16.1 Å². The minimum atomic E-state index is -4.08. The van der Waals surface area contributed by atoms with Crippen LogP contribution in [0.5, 0.6) is 0 Å². The summed E-state index contributed by atoms with van der Waals surface area (Å²) >= 11 is 0. The highest BCUT2D eigenvalue weighted by Crippen LogP contribution is 2.37. The van der Waals surface area contributed by atoms with E-state index in [1.807, 2.05) is 0 Å². The molecule has 0 aliphatic carbocycles. The van der Waals surface area contributed by atoms with E-state index in [9.17, 15) is 23.5 Å². The van der Waals surface area contributed by atoms with Gasteiger partial charge in [-0.2, -0.15) is 8.78 Å². The molecule has 1 aromatic rings. The molecule has 1 aromatic carbocycles. The number of nitrogens with one attached hydrogen (secondary N) is 1. The number of aliphatic hydroxyl groups is 2. The summed E-state index contributed by atoms with van der Waals surface area (Å²) in [5.41, 5.74) is -1.92. The van der Waals surface area contributed by atoms with E-state index in [2.05, 4.69) is 0 Å². The van der Waals surface area contributed by atoms with Crippen molar-refractivity contribution in [1.29, 1.82) is 0 Å². The zero-order valence-electron chi connectivity index (χ0n) is 12.7. The third-order valence-corrected chi connectivity index (χ3v) is 3.64. The van der Waals surface area contributed by atoms with E-state index in [0.29, 0.717) is 0 Å². The highest BCUT2D eigenvalue weighted by molar-refractivity contribution is 5.85. The molecule has 3 N–H and O–H groups in total. The molecule has 24 heavy (non-hydrogen) atoms. The van der Waals surface area contributed by atoms with Crippen LogP contribution < -0.4 is 5.32 Å². The van der Waals surface area contributed by atoms with E-state index < -0.39 is 43.2 Å². The van der Waals surface area contributed by atoms with Gasteiger partial charge in [-0.25, -0.2) is 4.79 Å². The molecule has 1 fully saturated rings. The Labute approximate surface area is 136 Å². The molecule has 1 heterocycles. The number of nitrogens with zero attached hydrogens (tertiary/aromatic N) is 1. The maximum Gasteiger partial charge on any atom is 0.410 e. The van der Waals surface area contributed by atoms with Crippen LogP contribution in [0, 0.1) is 0 Å². The van der Waals surface area contributed by atoms with Gasteiger partial charge >= 0.3 is 12.0 Å². The molecule has 0 aromatic heterocycles. The van der Waals surface area contributed by atoms with Crippen molar-refractivity contribution in [3.63, 3.8) is 0 Å². The quantitative estimate of drug-likeness (QED) is 0.680. The Balaban J connectivity index is 1.86. The van der Waals surface area contributed by atoms with Gasteiger partial charge in [0.15, 0.2) is 5.60 Å². The molecular formula is C15H18F2N2O5. The van der Waals surface area contributed by atoms with Crippen LogP contribution in [0.15, 0.2) is 30.3 Å². The van der Waals surface area contributed by atoms with Gasteiger partial charge in [0.2, 0.25) is 0 Å². The first-order chi connectivity index (χ1) is 11.3. The lowest BCUT2D eigenvalue weighted by molar-refractivity contribution is -0.229. The van der Waals surface area contributed by atoms with E-state index >= 15 is 0 Å². The Morgan fingerprint density at radius 3 is 2.50 bits per heavy atom. The van der Waals surface area contributed by atoms with Crippen molar-refractivity contribution >= 4 is 12.0 Å². The van der Waals surface area contributed by atoms with Gasteiger partial charge in [0, 0.05) is 6.54 Å². The normalized spacial score (nSPS) is 16.2. The Morgan fingerprint density at radius 1 is 1.29 bits per heavy atom. The summed E-state index contributed by atoms with van der Waals surface area (Å²) in [7, 11) is 0. The number of halogens is 2. The van der Waals surface area contributed by atoms with Crippen molar-refractivity contribution in [2.24, 2.45) is 0 Å². The van der Waals surface area contributed by atoms with Crippen molar-refractivity contribution in [2.45, 2.75) is 18.1 Å². The maximum atomic E-state index is 13.9. The Bertz CT molecular complexity index is 591. The highest BCUT2D eigenvalue weighted by atomic mass is 19.3.